The number of carboxylic acids is 1. The highest BCUT2D eigenvalue weighted by atomic mass is 35.5. The molecule has 0 radical (unpaired) electrons. The first-order chi connectivity index (χ1) is 9.97. The quantitative estimate of drug-likeness (QED) is 0.877. The summed E-state index contributed by atoms with van der Waals surface area (Å²) >= 11 is 5.82. The molecule has 0 aliphatic carbocycles. The molecule has 2 atom stereocenters. The minimum Gasteiger partial charge on any atom is -0.493 e. The van der Waals surface area contributed by atoms with Crippen LogP contribution in [0.5, 0.6) is 5.75 Å². The van der Waals surface area contributed by atoms with Crippen molar-refractivity contribution < 1.29 is 14.6 Å². The van der Waals surface area contributed by atoms with Crippen LogP contribution in [0.1, 0.15) is 20.3 Å². The number of carboxylic acid groups (broad SMARTS) is 1. The Morgan fingerprint density at radius 1 is 1.43 bits per heavy atom. The molecule has 1 aromatic rings. The Kier molecular flexibility index (Phi) is 5.48. The van der Waals surface area contributed by atoms with E-state index in [-0.39, 0.29) is 12.5 Å². The molecule has 0 amide bonds. The Hall–Kier alpha value is -1.26. The molecule has 4 nitrogen and oxygen atoms in total. The molecule has 0 saturated carbocycles. The summed E-state index contributed by atoms with van der Waals surface area (Å²) in [5.41, 5.74) is 0. The maximum Gasteiger partial charge on any atom is 0.310 e. The molecule has 0 bridgehead atoms. The highest BCUT2D eigenvalue weighted by molar-refractivity contribution is 6.30. The summed E-state index contributed by atoms with van der Waals surface area (Å²) in [6.45, 7) is 6.28. The average molecular weight is 312 g/mol. The van der Waals surface area contributed by atoms with E-state index in [4.69, 9.17) is 16.3 Å². The van der Waals surface area contributed by atoms with E-state index in [1.54, 1.807) is 24.3 Å². The van der Waals surface area contributed by atoms with Crippen molar-refractivity contribution in [2.24, 2.45) is 11.8 Å². The van der Waals surface area contributed by atoms with Gasteiger partial charge in [0.1, 0.15) is 12.4 Å². The molecule has 1 heterocycles. The summed E-state index contributed by atoms with van der Waals surface area (Å²) in [4.78, 5) is 13.8. The van der Waals surface area contributed by atoms with Gasteiger partial charge in [0.15, 0.2) is 0 Å². The summed E-state index contributed by atoms with van der Waals surface area (Å²) in [6.07, 6.45) is 0.916. The van der Waals surface area contributed by atoms with Gasteiger partial charge in [-0.15, -0.1) is 0 Å². The van der Waals surface area contributed by atoms with Crippen molar-refractivity contribution in [3.05, 3.63) is 29.3 Å². The minimum atomic E-state index is -0.778. The van der Waals surface area contributed by atoms with Crippen molar-refractivity contribution in [2.75, 3.05) is 19.7 Å². The van der Waals surface area contributed by atoms with Gasteiger partial charge in [0, 0.05) is 17.6 Å². The molecule has 2 unspecified atom stereocenters. The summed E-state index contributed by atoms with van der Waals surface area (Å²) in [6, 6.07) is 7.46. The first-order valence-corrected chi connectivity index (χ1v) is 7.70. The van der Waals surface area contributed by atoms with Crippen LogP contribution in [0.4, 0.5) is 0 Å². The predicted octanol–water partition coefficient (Wildman–Crippen LogP) is 3.15. The van der Waals surface area contributed by atoms with E-state index >= 15 is 0 Å². The summed E-state index contributed by atoms with van der Waals surface area (Å²) in [5, 5.41) is 10.1. The Morgan fingerprint density at radius 3 is 2.62 bits per heavy atom. The Labute approximate surface area is 130 Å². The second-order valence-electron chi connectivity index (χ2n) is 5.85. The Bertz CT molecular complexity index is 475. The SMILES string of the molecule is CC(C)N1CCC(C(COc2ccc(Cl)cc2)C(=O)O)C1. The molecule has 1 fully saturated rings. The highest BCUT2D eigenvalue weighted by Crippen LogP contribution is 2.27. The van der Waals surface area contributed by atoms with Crippen LogP contribution in [0.15, 0.2) is 24.3 Å². The monoisotopic (exact) mass is 311 g/mol. The lowest BCUT2D eigenvalue weighted by atomic mass is 9.92. The number of likely N-dealkylation sites (tertiary alicyclic amines) is 1. The molecular weight excluding hydrogens is 290 g/mol. The normalized spacial score (nSPS) is 20.7. The van der Waals surface area contributed by atoms with E-state index in [2.05, 4.69) is 18.7 Å². The molecule has 1 aliphatic rings. The van der Waals surface area contributed by atoms with E-state index in [0.717, 1.165) is 19.5 Å². The van der Waals surface area contributed by atoms with Gasteiger partial charge in [-0.3, -0.25) is 4.79 Å². The number of carbonyl (C=O) groups is 1. The van der Waals surface area contributed by atoms with Gasteiger partial charge in [-0.2, -0.15) is 0 Å². The van der Waals surface area contributed by atoms with Gasteiger partial charge in [-0.1, -0.05) is 11.6 Å². The van der Waals surface area contributed by atoms with Crippen molar-refractivity contribution in [1.82, 2.24) is 4.90 Å². The first-order valence-electron chi connectivity index (χ1n) is 7.32. The molecule has 21 heavy (non-hydrogen) atoms. The van der Waals surface area contributed by atoms with Crippen LogP contribution >= 0.6 is 11.6 Å². The van der Waals surface area contributed by atoms with Crippen LogP contribution in [-0.4, -0.2) is 41.7 Å². The van der Waals surface area contributed by atoms with Gasteiger partial charge < -0.3 is 14.7 Å². The van der Waals surface area contributed by atoms with Crippen LogP contribution < -0.4 is 4.74 Å². The number of halogens is 1. The van der Waals surface area contributed by atoms with Crippen LogP contribution in [-0.2, 0) is 4.79 Å². The summed E-state index contributed by atoms with van der Waals surface area (Å²) < 4.78 is 5.63. The van der Waals surface area contributed by atoms with Crippen LogP contribution in [0.25, 0.3) is 0 Å². The van der Waals surface area contributed by atoms with E-state index in [0.29, 0.717) is 16.8 Å². The fourth-order valence-electron chi connectivity index (χ4n) is 2.74. The third-order valence-corrected chi connectivity index (χ3v) is 4.37. The highest BCUT2D eigenvalue weighted by Gasteiger charge is 2.35. The maximum atomic E-state index is 11.5. The van der Waals surface area contributed by atoms with E-state index in [9.17, 15) is 9.90 Å². The largest absolute Gasteiger partial charge is 0.493 e. The zero-order valence-corrected chi connectivity index (χ0v) is 13.2. The lowest BCUT2D eigenvalue weighted by Gasteiger charge is -2.23. The molecule has 1 aromatic carbocycles. The summed E-state index contributed by atoms with van der Waals surface area (Å²) in [7, 11) is 0. The predicted molar refractivity (Wildman–Crippen MR) is 82.9 cm³/mol. The van der Waals surface area contributed by atoms with E-state index in [1.165, 1.54) is 0 Å². The molecule has 1 saturated heterocycles. The van der Waals surface area contributed by atoms with Gasteiger partial charge in [0.25, 0.3) is 0 Å². The van der Waals surface area contributed by atoms with Crippen molar-refractivity contribution in [3.8, 4) is 5.75 Å². The smallest absolute Gasteiger partial charge is 0.310 e. The number of ether oxygens (including phenoxy) is 1. The molecule has 116 valence electrons. The molecule has 0 spiro atoms. The standard InChI is InChI=1S/C16H22ClNO3/c1-11(2)18-8-7-12(9-18)15(16(19)20)10-21-14-5-3-13(17)4-6-14/h3-6,11-12,15H,7-10H2,1-2H3,(H,19,20). The number of hydrogen-bond acceptors (Lipinski definition) is 3. The summed E-state index contributed by atoms with van der Waals surface area (Å²) in [5.74, 6) is -0.439. The zero-order valence-electron chi connectivity index (χ0n) is 12.5. The first kappa shape index (κ1) is 16.1. The number of nitrogens with zero attached hydrogens (tertiary/aromatic N) is 1. The van der Waals surface area contributed by atoms with Crippen LogP contribution in [0.2, 0.25) is 5.02 Å². The minimum absolute atomic E-state index is 0.150. The average Bonchev–Trinajstić information content (AvgIpc) is 2.90. The van der Waals surface area contributed by atoms with Gasteiger partial charge in [0.2, 0.25) is 0 Å². The van der Waals surface area contributed by atoms with E-state index < -0.39 is 11.9 Å². The molecule has 0 aromatic heterocycles. The molecule has 1 aliphatic heterocycles. The fraction of sp³-hybridized carbons (Fsp3) is 0.562. The third-order valence-electron chi connectivity index (χ3n) is 4.12. The molecule has 1 N–H and O–H groups in total. The van der Waals surface area contributed by atoms with E-state index in [1.807, 2.05) is 0 Å². The third kappa shape index (κ3) is 4.35. The van der Waals surface area contributed by atoms with Gasteiger partial charge >= 0.3 is 5.97 Å². The number of rotatable bonds is 6. The number of benzene rings is 1. The van der Waals surface area contributed by atoms with Crippen molar-refractivity contribution in [2.45, 2.75) is 26.3 Å². The Balaban J connectivity index is 1.94. The lowest BCUT2D eigenvalue weighted by Crippen LogP contribution is -2.33. The topological polar surface area (TPSA) is 49.8 Å². The van der Waals surface area contributed by atoms with Crippen molar-refractivity contribution in [3.63, 3.8) is 0 Å². The molecule has 5 heteroatoms. The lowest BCUT2D eigenvalue weighted by molar-refractivity contribution is -0.144. The Morgan fingerprint density at radius 2 is 2.10 bits per heavy atom. The van der Waals surface area contributed by atoms with Gasteiger partial charge in [-0.05, 0) is 57.0 Å². The van der Waals surface area contributed by atoms with Crippen molar-refractivity contribution in [1.29, 1.82) is 0 Å². The maximum absolute atomic E-state index is 11.5. The fourth-order valence-corrected chi connectivity index (χ4v) is 2.86. The molecule has 2 rings (SSSR count). The molecular formula is C16H22ClNO3. The van der Waals surface area contributed by atoms with Gasteiger partial charge in [-0.25, -0.2) is 0 Å². The number of aliphatic carboxylic acids is 1. The zero-order chi connectivity index (χ0) is 15.4. The van der Waals surface area contributed by atoms with Crippen LogP contribution in [0.3, 0.4) is 0 Å². The number of hydrogen-bond donors (Lipinski definition) is 1. The van der Waals surface area contributed by atoms with Gasteiger partial charge in [0.05, 0.1) is 5.92 Å². The second kappa shape index (κ2) is 7.14. The van der Waals surface area contributed by atoms with Crippen molar-refractivity contribution >= 4 is 17.6 Å². The van der Waals surface area contributed by atoms with Crippen LogP contribution in [0, 0.1) is 11.8 Å². The second-order valence-corrected chi connectivity index (χ2v) is 6.28.